The van der Waals surface area contributed by atoms with Gasteiger partial charge in [0.05, 0.1) is 6.04 Å². The van der Waals surface area contributed by atoms with E-state index in [0.717, 1.165) is 31.1 Å². The normalized spacial score (nSPS) is 32.5. The molecule has 3 atom stereocenters. The van der Waals surface area contributed by atoms with E-state index in [2.05, 4.69) is 21.9 Å². The summed E-state index contributed by atoms with van der Waals surface area (Å²) >= 11 is 0. The molecule has 8 heteroatoms. The Hall–Kier alpha value is -1.21. The summed E-state index contributed by atoms with van der Waals surface area (Å²) in [6.07, 6.45) is 2.87. The zero-order valence-electron chi connectivity index (χ0n) is 15.2. The number of ether oxygens (including phenoxy) is 2. The molecule has 0 radical (unpaired) electrons. The number of fused-ring (bicyclic) bond motifs is 3. The molecule has 0 unspecified atom stereocenters. The Morgan fingerprint density at radius 1 is 1.11 bits per heavy atom. The Kier molecular flexibility index (Phi) is 6.11. The second-order valence-corrected chi connectivity index (χ2v) is 7.66. The Bertz CT molecular complexity index is 697. The van der Waals surface area contributed by atoms with Crippen LogP contribution < -0.4 is 15.2 Å². The van der Waals surface area contributed by atoms with E-state index in [9.17, 15) is 4.79 Å². The Morgan fingerprint density at radius 3 is 2.59 bits per heavy atom. The van der Waals surface area contributed by atoms with Crippen molar-refractivity contribution in [3.63, 3.8) is 0 Å². The number of carbonyl (C=O) groups excluding carboxylic acids is 1. The largest absolute Gasteiger partial charge is 0.454 e. The molecule has 4 fully saturated rings. The highest BCUT2D eigenvalue weighted by molar-refractivity contribution is 5.85. The fraction of sp³-hybridized carbons (Fsp3) is 0.632. The molecular weight excluding hydrogens is 389 g/mol. The van der Waals surface area contributed by atoms with Crippen molar-refractivity contribution in [3.8, 4) is 11.5 Å². The smallest absolute Gasteiger partial charge is 0.231 e. The molecule has 1 aromatic rings. The Labute approximate surface area is 172 Å². The highest BCUT2D eigenvalue weighted by Gasteiger charge is 2.54. The van der Waals surface area contributed by atoms with Crippen LogP contribution in [0.2, 0.25) is 0 Å². The first-order chi connectivity index (χ1) is 12.3. The molecule has 150 valence electrons. The third kappa shape index (κ3) is 3.27. The minimum absolute atomic E-state index is 0. The van der Waals surface area contributed by atoms with Gasteiger partial charge in [0.2, 0.25) is 12.7 Å². The molecule has 6 nitrogen and oxygen atoms in total. The molecule has 4 saturated heterocycles. The quantitative estimate of drug-likeness (QED) is 0.817. The third-order valence-electron chi connectivity index (χ3n) is 6.50. The maximum atomic E-state index is 12.7. The minimum Gasteiger partial charge on any atom is -0.454 e. The molecule has 0 saturated carbocycles. The summed E-state index contributed by atoms with van der Waals surface area (Å²) in [5.41, 5.74) is 6.92. The van der Waals surface area contributed by atoms with Crippen molar-refractivity contribution in [2.45, 2.75) is 37.3 Å². The first kappa shape index (κ1) is 20.5. The predicted molar refractivity (Wildman–Crippen MR) is 107 cm³/mol. The van der Waals surface area contributed by atoms with Crippen LogP contribution >= 0.6 is 24.8 Å². The Morgan fingerprint density at radius 2 is 1.85 bits per heavy atom. The van der Waals surface area contributed by atoms with E-state index in [0.29, 0.717) is 43.7 Å². The van der Waals surface area contributed by atoms with Gasteiger partial charge >= 0.3 is 0 Å². The van der Waals surface area contributed by atoms with Gasteiger partial charge in [-0.15, -0.1) is 24.8 Å². The van der Waals surface area contributed by atoms with Crippen molar-refractivity contribution >= 4 is 30.7 Å². The predicted octanol–water partition coefficient (Wildman–Crippen LogP) is 2.00. The van der Waals surface area contributed by atoms with E-state index >= 15 is 0 Å². The number of hydrogen-bond donors (Lipinski definition) is 1. The molecule has 0 spiro atoms. The second kappa shape index (κ2) is 8.03. The van der Waals surface area contributed by atoms with Crippen LogP contribution in [-0.2, 0) is 4.79 Å². The number of piperidine rings is 3. The summed E-state index contributed by atoms with van der Waals surface area (Å²) in [4.78, 5) is 17.5. The maximum absolute atomic E-state index is 12.7. The monoisotopic (exact) mass is 415 g/mol. The number of nitrogens with two attached hydrogens (primary N) is 1. The summed E-state index contributed by atoms with van der Waals surface area (Å²) in [7, 11) is 0. The number of likely N-dealkylation sites (tertiary alicyclic amines) is 1. The Balaban J connectivity index is 0.00000105. The van der Waals surface area contributed by atoms with Gasteiger partial charge < -0.3 is 20.1 Å². The van der Waals surface area contributed by atoms with Gasteiger partial charge in [-0.3, -0.25) is 9.69 Å². The van der Waals surface area contributed by atoms with Gasteiger partial charge in [0.15, 0.2) is 11.5 Å². The number of halogens is 2. The molecule has 27 heavy (non-hydrogen) atoms. The fourth-order valence-corrected chi connectivity index (χ4v) is 5.41. The minimum atomic E-state index is 0. The molecule has 6 rings (SSSR count). The van der Waals surface area contributed by atoms with Crippen molar-refractivity contribution in [1.29, 1.82) is 0 Å². The van der Waals surface area contributed by atoms with Gasteiger partial charge in [-0.05, 0) is 49.5 Å². The number of hydrogen-bond acceptors (Lipinski definition) is 5. The maximum Gasteiger partial charge on any atom is 0.231 e. The van der Waals surface area contributed by atoms with E-state index in [1.807, 2.05) is 6.07 Å². The zero-order chi connectivity index (χ0) is 17.0. The van der Waals surface area contributed by atoms with E-state index in [-0.39, 0.29) is 30.7 Å². The molecule has 5 heterocycles. The lowest BCUT2D eigenvalue weighted by Crippen LogP contribution is -2.60. The van der Waals surface area contributed by atoms with Gasteiger partial charge in [-0.25, -0.2) is 0 Å². The standard InChI is InChI=1S/C19H25N3O3.2ClH/c20-6-3-17(23)22-10-14(13-1-2-15-16(9-13)25-11-24-15)19-18(22)12-4-7-21(19)8-5-12;;/h1-2,9,12,14,18-19H,3-8,10-11,20H2;2*1H/t14-,18+,19+;;/m0../s1. The first-order valence-electron chi connectivity index (χ1n) is 9.39. The van der Waals surface area contributed by atoms with Crippen molar-refractivity contribution in [1.82, 2.24) is 9.80 Å². The van der Waals surface area contributed by atoms with Crippen molar-refractivity contribution in [2.24, 2.45) is 11.7 Å². The lowest BCUT2D eigenvalue weighted by Gasteiger charge is -2.51. The molecular formula is C19H27Cl2N3O3. The zero-order valence-corrected chi connectivity index (χ0v) is 16.8. The van der Waals surface area contributed by atoms with E-state index in [1.54, 1.807) is 0 Å². The van der Waals surface area contributed by atoms with Gasteiger partial charge in [0.25, 0.3) is 0 Å². The lowest BCUT2D eigenvalue weighted by atomic mass is 9.75. The van der Waals surface area contributed by atoms with Crippen molar-refractivity contribution in [2.75, 3.05) is 33.0 Å². The summed E-state index contributed by atoms with van der Waals surface area (Å²) in [5, 5.41) is 0. The van der Waals surface area contributed by atoms with Crippen LogP contribution in [0.1, 0.15) is 30.7 Å². The first-order valence-corrected chi connectivity index (χ1v) is 9.39. The summed E-state index contributed by atoms with van der Waals surface area (Å²) in [6, 6.07) is 7.04. The van der Waals surface area contributed by atoms with E-state index < -0.39 is 0 Å². The average Bonchev–Trinajstić information content (AvgIpc) is 3.28. The van der Waals surface area contributed by atoms with Gasteiger partial charge in [-0.1, -0.05) is 6.07 Å². The summed E-state index contributed by atoms with van der Waals surface area (Å²) in [5.74, 6) is 2.84. The van der Waals surface area contributed by atoms with Crippen LogP contribution in [0.5, 0.6) is 11.5 Å². The fourth-order valence-electron chi connectivity index (χ4n) is 5.41. The van der Waals surface area contributed by atoms with Gasteiger partial charge in [0.1, 0.15) is 0 Å². The average molecular weight is 416 g/mol. The number of carbonyl (C=O) groups is 1. The summed E-state index contributed by atoms with van der Waals surface area (Å²) < 4.78 is 11.0. The molecule has 0 aromatic heterocycles. The SMILES string of the molecule is Cl.Cl.NCCC(=O)N1C[C@@H](c2ccc3c(c2)OCO3)[C@@H]2[C@H]1C1CCN2CC1. The van der Waals surface area contributed by atoms with Crippen molar-refractivity contribution < 1.29 is 14.3 Å². The molecule has 1 amide bonds. The van der Waals surface area contributed by atoms with E-state index in [4.69, 9.17) is 15.2 Å². The molecule has 5 aliphatic heterocycles. The number of benzene rings is 1. The summed E-state index contributed by atoms with van der Waals surface area (Å²) in [6.45, 7) is 3.83. The molecule has 1 aromatic carbocycles. The highest BCUT2D eigenvalue weighted by Crippen LogP contribution is 2.48. The van der Waals surface area contributed by atoms with Gasteiger partial charge in [-0.2, -0.15) is 0 Å². The molecule has 2 bridgehead atoms. The van der Waals surface area contributed by atoms with Crippen LogP contribution in [-0.4, -0.2) is 60.8 Å². The van der Waals surface area contributed by atoms with Crippen LogP contribution in [0.25, 0.3) is 0 Å². The number of rotatable bonds is 3. The van der Waals surface area contributed by atoms with Crippen LogP contribution in [0.15, 0.2) is 18.2 Å². The highest BCUT2D eigenvalue weighted by atomic mass is 35.5. The van der Waals surface area contributed by atoms with E-state index in [1.165, 1.54) is 18.4 Å². The van der Waals surface area contributed by atoms with Crippen LogP contribution in [0, 0.1) is 5.92 Å². The van der Waals surface area contributed by atoms with Crippen LogP contribution in [0.3, 0.4) is 0 Å². The second-order valence-electron chi connectivity index (χ2n) is 7.66. The molecule has 2 N–H and O–H groups in total. The third-order valence-corrected chi connectivity index (χ3v) is 6.50. The molecule has 0 aliphatic carbocycles. The van der Waals surface area contributed by atoms with Gasteiger partial charge in [0, 0.05) is 31.5 Å². The number of nitrogens with zero attached hydrogens (tertiary/aromatic N) is 2. The topological polar surface area (TPSA) is 68.0 Å². The van der Waals surface area contributed by atoms with Crippen molar-refractivity contribution in [3.05, 3.63) is 23.8 Å². The number of amides is 1. The lowest BCUT2D eigenvalue weighted by molar-refractivity contribution is -0.135. The molecule has 5 aliphatic rings. The van der Waals surface area contributed by atoms with Crippen LogP contribution in [0.4, 0.5) is 0 Å².